The molecule has 3 amide bonds. The molecule has 9 heteroatoms. The topological polar surface area (TPSA) is 94.2 Å². The zero-order valence-electron chi connectivity index (χ0n) is 30.2. The fourth-order valence-electron chi connectivity index (χ4n) is 9.21. The van der Waals surface area contributed by atoms with Crippen molar-refractivity contribution < 1.29 is 19.1 Å². The lowest BCUT2D eigenvalue weighted by Gasteiger charge is -2.38. The minimum absolute atomic E-state index is 0.0568. The molecule has 8 atom stereocenters. The number of hydrogen-bond donors (Lipinski definition) is 2. The van der Waals surface area contributed by atoms with Crippen molar-refractivity contribution in [3.63, 3.8) is 0 Å². The molecule has 9 nitrogen and oxygen atoms in total. The van der Waals surface area contributed by atoms with Crippen LogP contribution in [-0.4, -0.2) is 95.5 Å². The van der Waals surface area contributed by atoms with Crippen LogP contribution in [0.4, 0.5) is 5.69 Å². The number of amides is 3. The smallest absolute Gasteiger partial charge is 0.246 e. The first-order valence-corrected chi connectivity index (χ1v) is 19.0. The molecule has 4 aliphatic heterocycles. The first kappa shape index (κ1) is 34.9. The first-order valence-electron chi connectivity index (χ1n) is 19.0. The van der Waals surface area contributed by atoms with Crippen molar-refractivity contribution in [3.8, 4) is 0 Å². The fourth-order valence-corrected chi connectivity index (χ4v) is 9.21. The summed E-state index contributed by atoms with van der Waals surface area (Å²) < 4.78 is 6.62. The number of rotatable bonds is 11. The highest BCUT2D eigenvalue weighted by molar-refractivity contribution is 6.02. The minimum Gasteiger partial charge on any atom is -0.359 e. The average molecular weight is 682 g/mol. The van der Waals surface area contributed by atoms with Gasteiger partial charge in [-0.15, -0.1) is 0 Å². The molecule has 0 aromatic heterocycles. The first-order chi connectivity index (χ1) is 24.1. The Balaban J connectivity index is 1.05. The van der Waals surface area contributed by atoms with Crippen LogP contribution in [0.15, 0.2) is 66.7 Å². The second-order valence-corrected chi connectivity index (χ2v) is 15.8. The van der Waals surface area contributed by atoms with Gasteiger partial charge in [0, 0.05) is 51.0 Å². The summed E-state index contributed by atoms with van der Waals surface area (Å²) in [5.41, 5.74) is 2.07. The van der Waals surface area contributed by atoms with Gasteiger partial charge in [0.15, 0.2) is 0 Å². The van der Waals surface area contributed by atoms with E-state index in [1.165, 1.54) is 17.5 Å². The lowest BCUT2D eigenvalue weighted by atomic mass is 9.73. The zero-order valence-corrected chi connectivity index (χ0v) is 30.2. The quantitative estimate of drug-likeness (QED) is 0.323. The monoisotopic (exact) mass is 681 g/mol. The van der Waals surface area contributed by atoms with Gasteiger partial charge in [-0.3, -0.25) is 19.3 Å². The second-order valence-electron chi connectivity index (χ2n) is 15.8. The molecule has 4 heterocycles. The molecule has 7 rings (SSSR count). The van der Waals surface area contributed by atoms with Gasteiger partial charge in [-0.2, -0.15) is 0 Å². The van der Waals surface area contributed by atoms with E-state index in [-0.39, 0.29) is 23.8 Å². The molecule has 0 radical (unpaired) electrons. The number of benzene rings is 2. The predicted octanol–water partition coefficient (Wildman–Crippen LogP) is 5.05. The molecule has 3 saturated heterocycles. The second kappa shape index (κ2) is 14.6. The van der Waals surface area contributed by atoms with Crippen molar-refractivity contribution in [2.75, 3.05) is 44.6 Å². The molecule has 0 unspecified atom stereocenters. The van der Waals surface area contributed by atoms with Crippen LogP contribution in [-0.2, 0) is 25.7 Å². The summed E-state index contributed by atoms with van der Waals surface area (Å²) in [6.07, 6.45) is 7.21. The Morgan fingerprint density at radius 1 is 0.920 bits per heavy atom. The van der Waals surface area contributed by atoms with Crippen LogP contribution in [0, 0.1) is 23.7 Å². The molecule has 2 N–H and O–H groups in total. The predicted molar refractivity (Wildman–Crippen MR) is 195 cm³/mol. The Morgan fingerprint density at radius 2 is 1.64 bits per heavy atom. The number of anilines is 1. The van der Waals surface area contributed by atoms with E-state index in [1.807, 2.05) is 36.4 Å². The van der Waals surface area contributed by atoms with Crippen LogP contribution in [0.2, 0.25) is 0 Å². The lowest BCUT2D eigenvalue weighted by molar-refractivity contribution is -0.141. The van der Waals surface area contributed by atoms with Gasteiger partial charge >= 0.3 is 0 Å². The van der Waals surface area contributed by atoms with Crippen LogP contribution in [0.25, 0.3) is 0 Å². The summed E-state index contributed by atoms with van der Waals surface area (Å²) in [5, 5.41) is 6.45. The number of carbonyl (C=O) groups is 3. The summed E-state index contributed by atoms with van der Waals surface area (Å²) in [5.74, 6) is -0.725. The zero-order chi connectivity index (χ0) is 35.0. The van der Waals surface area contributed by atoms with E-state index in [4.69, 9.17) is 4.74 Å². The van der Waals surface area contributed by atoms with Crippen molar-refractivity contribution in [1.82, 2.24) is 20.0 Å². The maximum Gasteiger partial charge on any atom is 0.246 e. The molecule has 4 fully saturated rings. The van der Waals surface area contributed by atoms with Gasteiger partial charge in [-0.1, -0.05) is 95.2 Å². The summed E-state index contributed by atoms with van der Waals surface area (Å²) in [7, 11) is 0. The molecular formula is C41H55N5O4. The van der Waals surface area contributed by atoms with Crippen molar-refractivity contribution in [1.29, 1.82) is 0 Å². The molecule has 1 saturated carbocycles. The largest absolute Gasteiger partial charge is 0.359 e. The van der Waals surface area contributed by atoms with E-state index in [0.29, 0.717) is 30.0 Å². The Morgan fingerprint density at radius 3 is 2.36 bits per heavy atom. The summed E-state index contributed by atoms with van der Waals surface area (Å²) in [6.45, 7) is 15.0. The van der Waals surface area contributed by atoms with Crippen molar-refractivity contribution in [3.05, 3.63) is 77.9 Å². The Labute approximate surface area is 297 Å². The normalized spacial score (nSPS) is 32.5. The van der Waals surface area contributed by atoms with Crippen LogP contribution in [0.5, 0.6) is 0 Å². The van der Waals surface area contributed by atoms with Gasteiger partial charge in [0.1, 0.15) is 11.6 Å². The molecule has 268 valence electrons. The summed E-state index contributed by atoms with van der Waals surface area (Å²) >= 11 is 0. The van der Waals surface area contributed by atoms with Crippen LogP contribution < -0.4 is 10.6 Å². The standard InChI is InChI=1S/C41H55N5O4/c1-27(2)31-14-16-32(17-15-31)42-38(47)35-34-18-19-41(50-34)36(35)40(49)46(37(41)39(48)43-33-13-8-10-28(3)29(33)4)21-9-20-44-22-24-45(25-23-44)26-30-11-6-5-7-12-30/h5-7,11-12,14-19,27-29,33-37H,8-10,13,20-26H2,1-4H3,(H,42,47)(H,43,48)/t28-,29-,33-,34-,35+,36-,37-,41-/m1/s1. The molecule has 1 aliphatic carbocycles. The number of fused-ring (bicyclic) bond motifs is 1. The molecule has 2 aromatic rings. The third-order valence-electron chi connectivity index (χ3n) is 12.4. The van der Waals surface area contributed by atoms with Gasteiger partial charge in [0.05, 0.1) is 17.9 Å². The van der Waals surface area contributed by atoms with E-state index in [9.17, 15) is 14.4 Å². The van der Waals surface area contributed by atoms with E-state index < -0.39 is 29.6 Å². The number of nitrogens with one attached hydrogen (secondary N) is 2. The third kappa shape index (κ3) is 6.76. The molecule has 2 aromatic carbocycles. The van der Waals surface area contributed by atoms with Crippen LogP contribution >= 0.6 is 0 Å². The molecule has 5 aliphatic rings. The van der Waals surface area contributed by atoms with Gasteiger partial charge < -0.3 is 25.2 Å². The highest BCUT2D eigenvalue weighted by atomic mass is 16.5. The number of ether oxygens (including phenoxy) is 1. The Kier molecular flexibility index (Phi) is 10.2. The van der Waals surface area contributed by atoms with E-state index in [1.54, 1.807) is 4.90 Å². The van der Waals surface area contributed by atoms with Gasteiger partial charge in [-0.05, 0) is 60.4 Å². The third-order valence-corrected chi connectivity index (χ3v) is 12.4. The average Bonchev–Trinajstić information content (AvgIpc) is 3.75. The van der Waals surface area contributed by atoms with E-state index >= 15 is 0 Å². The molecular weight excluding hydrogens is 626 g/mol. The van der Waals surface area contributed by atoms with Gasteiger partial charge in [-0.25, -0.2) is 0 Å². The molecule has 2 bridgehead atoms. The van der Waals surface area contributed by atoms with Crippen molar-refractivity contribution >= 4 is 23.4 Å². The van der Waals surface area contributed by atoms with Crippen molar-refractivity contribution in [2.45, 2.75) is 89.6 Å². The maximum atomic E-state index is 14.5. The highest BCUT2D eigenvalue weighted by Gasteiger charge is 2.72. The Bertz CT molecular complexity index is 1550. The number of likely N-dealkylation sites (tertiary alicyclic amines) is 1. The number of nitrogens with zero attached hydrogens (tertiary/aromatic N) is 3. The van der Waals surface area contributed by atoms with Gasteiger partial charge in [0.25, 0.3) is 0 Å². The number of piperazine rings is 1. The Hall–Kier alpha value is -3.53. The number of carbonyl (C=O) groups excluding carboxylic acids is 3. The SMILES string of the molecule is CC(C)c1ccc(NC(=O)[C@H]2[C@H]3C=C[C@@]4(O3)[C@H]2C(=O)N(CCCN2CCN(Cc3ccccc3)CC2)[C@@H]4C(=O)N[C@@H]2CCC[C@@H](C)[C@H]2C)cc1. The maximum absolute atomic E-state index is 14.5. The highest BCUT2D eigenvalue weighted by Crippen LogP contribution is 2.55. The van der Waals surface area contributed by atoms with Gasteiger partial charge in [0.2, 0.25) is 17.7 Å². The van der Waals surface area contributed by atoms with Crippen LogP contribution in [0.1, 0.15) is 70.4 Å². The number of hydrogen-bond acceptors (Lipinski definition) is 6. The van der Waals surface area contributed by atoms with Crippen molar-refractivity contribution in [2.24, 2.45) is 23.7 Å². The molecule has 1 spiro atoms. The summed E-state index contributed by atoms with van der Waals surface area (Å²) in [4.78, 5) is 49.6. The van der Waals surface area contributed by atoms with E-state index in [2.05, 4.69) is 78.5 Å². The lowest BCUT2D eigenvalue weighted by Crippen LogP contribution is -2.58. The van der Waals surface area contributed by atoms with Crippen LogP contribution in [0.3, 0.4) is 0 Å². The fraction of sp³-hybridized carbons (Fsp3) is 0.585. The minimum atomic E-state index is -1.15. The summed E-state index contributed by atoms with van der Waals surface area (Å²) in [6, 6.07) is 17.7. The van der Waals surface area contributed by atoms with E-state index in [0.717, 1.165) is 58.5 Å². The molecule has 50 heavy (non-hydrogen) atoms.